The molecule has 2 heterocycles. The average Bonchev–Trinajstić information content (AvgIpc) is 2.96. The largest absolute Gasteiger partial charge is 0.247 e. The first-order valence-electron chi connectivity index (χ1n) is 7.60. The zero-order valence-corrected chi connectivity index (χ0v) is 12.6. The summed E-state index contributed by atoms with van der Waals surface area (Å²) in [6.45, 7) is 5.17. The van der Waals surface area contributed by atoms with Gasteiger partial charge in [0.2, 0.25) is 0 Å². The van der Waals surface area contributed by atoms with Gasteiger partial charge in [-0.1, -0.05) is 24.6 Å². The topological polar surface area (TPSA) is 58.9 Å². The predicted molar refractivity (Wildman–Crippen MR) is 80.6 cm³/mol. The first-order chi connectivity index (χ1) is 10.3. The minimum Gasteiger partial charge on any atom is -0.247 e. The Labute approximate surface area is 125 Å². The molecule has 0 amide bonds. The third kappa shape index (κ3) is 3.11. The summed E-state index contributed by atoms with van der Waals surface area (Å²) >= 11 is 0. The van der Waals surface area contributed by atoms with Crippen molar-refractivity contribution in [3.8, 4) is 5.69 Å². The number of benzene rings is 1. The van der Waals surface area contributed by atoms with Crippen molar-refractivity contribution < 1.29 is 0 Å². The standard InChI is InChI=1S/C15H22N6/c1-12-7-6-8-13(2)20(12)16-11-15-17-18-19-21(15)14-9-4-3-5-10-14/h3-5,9-10,12-13,16H,6-8,11H2,1-2H3. The lowest BCUT2D eigenvalue weighted by molar-refractivity contribution is 0.0423. The molecule has 1 fully saturated rings. The highest BCUT2D eigenvalue weighted by Crippen LogP contribution is 2.20. The molecule has 1 aliphatic rings. The lowest BCUT2D eigenvalue weighted by Crippen LogP contribution is -2.51. The first-order valence-corrected chi connectivity index (χ1v) is 7.60. The van der Waals surface area contributed by atoms with Gasteiger partial charge in [-0.2, -0.15) is 4.68 Å². The van der Waals surface area contributed by atoms with Crippen molar-refractivity contribution in [2.75, 3.05) is 0 Å². The molecule has 3 rings (SSSR count). The molecule has 1 aliphatic heterocycles. The second kappa shape index (κ2) is 6.32. The van der Waals surface area contributed by atoms with E-state index in [0.717, 1.165) is 11.5 Å². The molecule has 1 saturated heterocycles. The molecule has 0 saturated carbocycles. The van der Waals surface area contributed by atoms with Crippen LogP contribution in [0.25, 0.3) is 5.69 Å². The van der Waals surface area contributed by atoms with Gasteiger partial charge in [0.05, 0.1) is 12.2 Å². The molecule has 6 heteroatoms. The Balaban J connectivity index is 1.70. The molecule has 0 bridgehead atoms. The number of tetrazole rings is 1. The number of hydrogen-bond acceptors (Lipinski definition) is 5. The number of piperidine rings is 1. The second-order valence-electron chi connectivity index (χ2n) is 5.71. The Morgan fingerprint density at radius 2 is 1.86 bits per heavy atom. The summed E-state index contributed by atoms with van der Waals surface area (Å²) in [5, 5.41) is 14.4. The maximum Gasteiger partial charge on any atom is 0.171 e. The highest BCUT2D eigenvalue weighted by Gasteiger charge is 2.24. The van der Waals surface area contributed by atoms with Crippen molar-refractivity contribution in [3.05, 3.63) is 36.2 Å². The van der Waals surface area contributed by atoms with Gasteiger partial charge in [-0.3, -0.25) is 0 Å². The van der Waals surface area contributed by atoms with E-state index < -0.39 is 0 Å². The molecule has 1 N–H and O–H groups in total. The van der Waals surface area contributed by atoms with Crippen molar-refractivity contribution in [3.63, 3.8) is 0 Å². The zero-order chi connectivity index (χ0) is 14.7. The number of hydrazine groups is 1. The van der Waals surface area contributed by atoms with Crippen molar-refractivity contribution >= 4 is 0 Å². The highest BCUT2D eigenvalue weighted by molar-refractivity contribution is 5.30. The van der Waals surface area contributed by atoms with Gasteiger partial charge >= 0.3 is 0 Å². The molecule has 2 atom stereocenters. The van der Waals surface area contributed by atoms with Crippen LogP contribution in [0.5, 0.6) is 0 Å². The molecule has 0 radical (unpaired) electrons. The minimum absolute atomic E-state index is 0.551. The number of aromatic nitrogens is 4. The Kier molecular flexibility index (Phi) is 4.26. The van der Waals surface area contributed by atoms with Gasteiger partial charge in [-0.25, -0.2) is 10.4 Å². The second-order valence-corrected chi connectivity index (χ2v) is 5.71. The van der Waals surface area contributed by atoms with Gasteiger partial charge in [0.15, 0.2) is 5.82 Å². The van der Waals surface area contributed by atoms with E-state index in [1.807, 2.05) is 30.3 Å². The molecular weight excluding hydrogens is 264 g/mol. The van der Waals surface area contributed by atoms with E-state index >= 15 is 0 Å². The number of hydrogen-bond donors (Lipinski definition) is 1. The number of nitrogens with one attached hydrogen (secondary N) is 1. The Bertz CT molecular complexity index is 557. The lowest BCUT2D eigenvalue weighted by atomic mass is 10.00. The Morgan fingerprint density at radius 1 is 1.14 bits per heavy atom. The lowest BCUT2D eigenvalue weighted by Gasteiger charge is -2.38. The Hall–Kier alpha value is -1.79. The van der Waals surface area contributed by atoms with Crippen LogP contribution in [0.15, 0.2) is 30.3 Å². The van der Waals surface area contributed by atoms with Crippen LogP contribution in [0.3, 0.4) is 0 Å². The monoisotopic (exact) mass is 286 g/mol. The van der Waals surface area contributed by atoms with Gasteiger partial charge in [0.25, 0.3) is 0 Å². The number of para-hydroxylation sites is 1. The van der Waals surface area contributed by atoms with Crippen LogP contribution in [0.2, 0.25) is 0 Å². The van der Waals surface area contributed by atoms with Crippen LogP contribution >= 0.6 is 0 Å². The molecule has 6 nitrogen and oxygen atoms in total. The fourth-order valence-corrected chi connectivity index (χ4v) is 2.98. The Morgan fingerprint density at radius 3 is 2.57 bits per heavy atom. The maximum absolute atomic E-state index is 4.14. The summed E-state index contributed by atoms with van der Waals surface area (Å²) in [5.41, 5.74) is 4.49. The summed E-state index contributed by atoms with van der Waals surface area (Å²) in [7, 11) is 0. The smallest absolute Gasteiger partial charge is 0.171 e. The molecule has 1 aromatic carbocycles. The summed E-state index contributed by atoms with van der Waals surface area (Å²) in [6.07, 6.45) is 3.78. The fourth-order valence-electron chi connectivity index (χ4n) is 2.98. The van der Waals surface area contributed by atoms with E-state index in [0.29, 0.717) is 18.6 Å². The molecule has 112 valence electrons. The van der Waals surface area contributed by atoms with Gasteiger partial charge in [0.1, 0.15) is 0 Å². The zero-order valence-electron chi connectivity index (χ0n) is 12.6. The summed E-state index contributed by atoms with van der Waals surface area (Å²) in [4.78, 5) is 0. The quantitative estimate of drug-likeness (QED) is 0.930. The van der Waals surface area contributed by atoms with Gasteiger partial charge in [0, 0.05) is 12.1 Å². The van der Waals surface area contributed by atoms with E-state index in [1.165, 1.54) is 19.3 Å². The molecule has 0 spiro atoms. The summed E-state index contributed by atoms with van der Waals surface area (Å²) in [5.74, 6) is 0.825. The molecule has 0 aliphatic carbocycles. The highest BCUT2D eigenvalue weighted by atomic mass is 15.6. The van der Waals surface area contributed by atoms with E-state index in [2.05, 4.69) is 39.8 Å². The third-order valence-corrected chi connectivity index (χ3v) is 4.15. The van der Waals surface area contributed by atoms with Crippen molar-refractivity contribution in [2.45, 2.75) is 51.7 Å². The molecule has 21 heavy (non-hydrogen) atoms. The first kappa shape index (κ1) is 14.2. The third-order valence-electron chi connectivity index (χ3n) is 4.15. The maximum atomic E-state index is 4.14. The average molecular weight is 286 g/mol. The van der Waals surface area contributed by atoms with E-state index in [-0.39, 0.29) is 0 Å². The van der Waals surface area contributed by atoms with Gasteiger partial charge in [-0.05, 0) is 49.2 Å². The molecule has 2 aromatic rings. The van der Waals surface area contributed by atoms with Crippen LogP contribution in [0.4, 0.5) is 0 Å². The minimum atomic E-state index is 0.551. The van der Waals surface area contributed by atoms with Crippen LogP contribution in [0, 0.1) is 0 Å². The van der Waals surface area contributed by atoms with Crippen molar-refractivity contribution in [2.24, 2.45) is 0 Å². The van der Waals surface area contributed by atoms with Crippen molar-refractivity contribution in [1.29, 1.82) is 0 Å². The SMILES string of the molecule is CC1CCCC(C)N1NCc1nnnn1-c1ccccc1. The predicted octanol–water partition coefficient (Wildman–Crippen LogP) is 1.93. The van der Waals surface area contributed by atoms with Crippen LogP contribution in [-0.2, 0) is 6.54 Å². The normalized spacial score (nSPS) is 23.3. The number of rotatable bonds is 4. The van der Waals surface area contributed by atoms with Crippen LogP contribution in [-0.4, -0.2) is 37.3 Å². The molecular formula is C15H22N6. The number of nitrogens with zero attached hydrogens (tertiary/aromatic N) is 5. The summed E-state index contributed by atoms with van der Waals surface area (Å²) in [6, 6.07) is 11.1. The van der Waals surface area contributed by atoms with E-state index in [9.17, 15) is 0 Å². The van der Waals surface area contributed by atoms with Gasteiger partial charge in [-0.15, -0.1) is 5.10 Å². The summed E-state index contributed by atoms with van der Waals surface area (Å²) < 4.78 is 1.78. The van der Waals surface area contributed by atoms with E-state index in [4.69, 9.17) is 0 Å². The van der Waals surface area contributed by atoms with Gasteiger partial charge < -0.3 is 0 Å². The molecule has 2 unspecified atom stereocenters. The molecule has 1 aromatic heterocycles. The van der Waals surface area contributed by atoms with Crippen LogP contribution in [0.1, 0.15) is 38.9 Å². The van der Waals surface area contributed by atoms with Crippen LogP contribution < -0.4 is 5.43 Å². The fraction of sp³-hybridized carbons (Fsp3) is 0.533. The van der Waals surface area contributed by atoms with Crippen molar-refractivity contribution in [1.82, 2.24) is 30.6 Å². The van der Waals surface area contributed by atoms with E-state index in [1.54, 1.807) is 4.68 Å².